The molecule has 1 aromatic heterocycles. The van der Waals surface area contributed by atoms with Gasteiger partial charge in [0.2, 0.25) is 5.91 Å². The predicted molar refractivity (Wildman–Crippen MR) is 114 cm³/mol. The number of nitrogens with one attached hydrogen (secondary N) is 1. The number of nitrogens with zero attached hydrogens (tertiary/aromatic N) is 4. The van der Waals surface area contributed by atoms with Gasteiger partial charge in [-0.05, 0) is 37.1 Å². The van der Waals surface area contributed by atoms with Gasteiger partial charge in [0.1, 0.15) is 6.17 Å². The van der Waals surface area contributed by atoms with E-state index in [2.05, 4.69) is 45.1 Å². The number of aromatic nitrogens is 1. The van der Waals surface area contributed by atoms with Crippen LogP contribution in [0.5, 0.6) is 0 Å². The lowest BCUT2D eigenvalue weighted by Crippen LogP contribution is -2.47. The van der Waals surface area contributed by atoms with Gasteiger partial charge in [0.25, 0.3) is 0 Å². The fraction of sp³-hybridized carbons (Fsp3) is 0.500. The number of alkyl halides is 1. The molecule has 0 unspecified atom stereocenters. The molecule has 2 saturated heterocycles. The third kappa shape index (κ3) is 4.56. The molecule has 1 aromatic carbocycles. The van der Waals surface area contributed by atoms with Crippen molar-refractivity contribution in [3.8, 4) is 0 Å². The fourth-order valence-electron chi connectivity index (χ4n) is 4.46. The Morgan fingerprint density at radius 3 is 2.93 bits per heavy atom. The monoisotopic (exact) mass is 397 g/mol. The van der Waals surface area contributed by atoms with Gasteiger partial charge in [-0.2, -0.15) is 0 Å². The Morgan fingerprint density at radius 2 is 2.14 bits per heavy atom. The summed E-state index contributed by atoms with van der Waals surface area (Å²) in [7, 11) is 0. The van der Waals surface area contributed by atoms with E-state index < -0.39 is 6.17 Å². The van der Waals surface area contributed by atoms with E-state index in [1.165, 1.54) is 5.39 Å². The van der Waals surface area contributed by atoms with E-state index >= 15 is 0 Å². The van der Waals surface area contributed by atoms with Gasteiger partial charge in [-0.3, -0.25) is 19.7 Å². The molecule has 1 N–H and O–H groups in total. The summed E-state index contributed by atoms with van der Waals surface area (Å²) in [5.41, 5.74) is 1.11. The number of anilines is 1. The number of benzene rings is 1. The molecule has 2 aromatic rings. The average molecular weight is 397 g/mol. The first-order valence-corrected chi connectivity index (χ1v) is 10.3. The Bertz CT molecular complexity index is 862. The van der Waals surface area contributed by atoms with Crippen LogP contribution in [0.2, 0.25) is 0 Å². The van der Waals surface area contributed by atoms with E-state index in [4.69, 9.17) is 0 Å². The number of aliphatic imine (C=N–C) groups is 1. The van der Waals surface area contributed by atoms with Gasteiger partial charge in [-0.25, -0.2) is 4.39 Å². The Morgan fingerprint density at radius 1 is 1.31 bits per heavy atom. The van der Waals surface area contributed by atoms with Crippen LogP contribution in [0.1, 0.15) is 19.3 Å². The molecule has 29 heavy (non-hydrogen) atoms. The number of hydrogen-bond acceptors (Lipinski definition) is 5. The third-order valence-electron chi connectivity index (χ3n) is 6.01. The summed E-state index contributed by atoms with van der Waals surface area (Å²) in [4.78, 5) is 24.6. The number of amides is 1. The summed E-state index contributed by atoms with van der Waals surface area (Å²) in [6.07, 6.45) is 5.06. The van der Waals surface area contributed by atoms with Crippen LogP contribution in [-0.2, 0) is 4.79 Å². The maximum atomic E-state index is 13.8. The second-order valence-electron chi connectivity index (χ2n) is 8.04. The highest BCUT2D eigenvalue weighted by atomic mass is 19.1. The zero-order valence-corrected chi connectivity index (χ0v) is 16.6. The van der Waals surface area contributed by atoms with E-state index in [0.717, 1.165) is 37.0 Å². The van der Waals surface area contributed by atoms with Crippen LogP contribution >= 0.6 is 0 Å². The lowest BCUT2D eigenvalue weighted by atomic mass is 10.0. The van der Waals surface area contributed by atoms with Gasteiger partial charge in [-0.1, -0.05) is 12.1 Å². The summed E-state index contributed by atoms with van der Waals surface area (Å²) in [5, 5.41) is 5.95. The van der Waals surface area contributed by atoms with E-state index in [0.29, 0.717) is 25.6 Å². The number of halogens is 1. The molecule has 2 aliphatic heterocycles. The van der Waals surface area contributed by atoms with Crippen molar-refractivity contribution in [2.45, 2.75) is 37.5 Å². The average Bonchev–Trinajstić information content (AvgIpc) is 3.10. The van der Waals surface area contributed by atoms with Crippen LogP contribution in [0.3, 0.4) is 0 Å². The van der Waals surface area contributed by atoms with Crippen molar-refractivity contribution in [2.75, 3.05) is 38.0 Å². The molecule has 2 aliphatic rings. The highest BCUT2D eigenvalue weighted by molar-refractivity contribution is 5.93. The topological polar surface area (TPSA) is 60.8 Å². The molecule has 2 fully saturated rings. The van der Waals surface area contributed by atoms with Crippen LogP contribution in [0.25, 0.3) is 10.8 Å². The number of hydrogen-bond donors (Lipinski definition) is 1. The van der Waals surface area contributed by atoms with Crippen molar-refractivity contribution in [1.29, 1.82) is 0 Å². The smallest absolute Gasteiger partial charge is 0.237 e. The largest absolute Gasteiger partial charge is 0.382 e. The summed E-state index contributed by atoms with van der Waals surface area (Å²) in [6.45, 7) is 6.14. The van der Waals surface area contributed by atoms with Gasteiger partial charge >= 0.3 is 0 Å². The first-order chi connectivity index (χ1) is 14.1. The van der Waals surface area contributed by atoms with Crippen molar-refractivity contribution in [3.63, 3.8) is 0 Å². The summed E-state index contributed by atoms with van der Waals surface area (Å²) in [6, 6.07) is 8.48. The van der Waals surface area contributed by atoms with Crippen LogP contribution in [0, 0.1) is 0 Å². The molecule has 0 spiro atoms. The van der Waals surface area contributed by atoms with Gasteiger partial charge in [0.15, 0.2) is 0 Å². The zero-order chi connectivity index (χ0) is 20.2. The molecule has 3 heterocycles. The van der Waals surface area contributed by atoms with E-state index in [1.54, 1.807) is 4.90 Å². The second kappa shape index (κ2) is 8.86. The minimum atomic E-state index is -0.948. The van der Waals surface area contributed by atoms with Crippen LogP contribution < -0.4 is 5.32 Å². The first kappa shape index (κ1) is 19.8. The molecule has 0 bridgehead atoms. The van der Waals surface area contributed by atoms with Crippen LogP contribution in [0.15, 0.2) is 41.7 Å². The quantitative estimate of drug-likeness (QED) is 0.762. The van der Waals surface area contributed by atoms with Crippen molar-refractivity contribution < 1.29 is 9.18 Å². The predicted octanol–water partition coefficient (Wildman–Crippen LogP) is 2.75. The summed E-state index contributed by atoms with van der Waals surface area (Å²) >= 11 is 0. The second-order valence-corrected chi connectivity index (χ2v) is 8.04. The lowest BCUT2D eigenvalue weighted by molar-refractivity contribution is -0.133. The Balaban J connectivity index is 1.30. The van der Waals surface area contributed by atoms with E-state index in [-0.39, 0.29) is 18.5 Å². The SMILES string of the molecule is C=NC[C@@H]1C[C@H](F)CN1C(=O)CN1CCC(Nc2cccc3ccncc23)CC1. The lowest BCUT2D eigenvalue weighted by Gasteiger charge is -2.34. The third-order valence-corrected chi connectivity index (χ3v) is 6.01. The first-order valence-electron chi connectivity index (χ1n) is 10.3. The molecule has 2 atom stereocenters. The molecule has 4 rings (SSSR count). The Labute approximate surface area is 170 Å². The fourth-order valence-corrected chi connectivity index (χ4v) is 4.46. The molecular formula is C22H28FN5O. The number of carbonyl (C=O) groups is 1. The normalized spacial score (nSPS) is 23.4. The van der Waals surface area contributed by atoms with Gasteiger partial charge < -0.3 is 10.2 Å². The number of pyridine rings is 1. The maximum absolute atomic E-state index is 13.8. The number of fused-ring (bicyclic) bond motifs is 1. The van der Waals surface area contributed by atoms with Gasteiger partial charge in [0.05, 0.1) is 25.7 Å². The molecule has 0 saturated carbocycles. The highest BCUT2D eigenvalue weighted by Crippen LogP contribution is 2.25. The number of rotatable bonds is 6. The molecule has 0 radical (unpaired) electrons. The van der Waals surface area contributed by atoms with Gasteiger partial charge in [0, 0.05) is 49.0 Å². The minimum Gasteiger partial charge on any atom is -0.382 e. The number of likely N-dealkylation sites (tertiary alicyclic amines) is 2. The number of carbonyl (C=O) groups excluding carboxylic acids is 1. The Kier molecular flexibility index (Phi) is 6.04. The van der Waals surface area contributed by atoms with Crippen molar-refractivity contribution in [3.05, 3.63) is 36.7 Å². The van der Waals surface area contributed by atoms with Crippen molar-refractivity contribution in [1.82, 2.24) is 14.8 Å². The highest BCUT2D eigenvalue weighted by Gasteiger charge is 2.35. The molecule has 1 amide bonds. The Hall–Kier alpha value is -2.54. The standard InChI is InChI=1S/C22H28FN5O/c1-24-12-19-11-17(23)14-28(19)22(29)15-27-9-6-18(7-10-27)26-21-4-2-3-16-5-8-25-13-20(16)21/h2-5,8,13,17-19,26H,1,6-7,9-12,14-15H2/t17-,19-/m0/s1. The molecule has 7 heteroatoms. The van der Waals surface area contributed by atoms with Crippen molar-refractivity contribution >= 4 is 29.1 Å². The maximum Gasteiger partial charge on any atom is 0.237 e. The zero-order valence-electron chi connectivity index (χ0n) is 16.6. The summed E-state index contributed by atoms with van der Waals surface area (Å²) < 4.78 is 13.8. The van der Waals surface area contributed by atoms with E-state index in [1.807, 2.05) is 18.5 Å². The molecular weight excluding hydrogens is 369 g/mol. The van der Waals surface area contributed by atoms with Gasteiger partial charge in [-0.15, -0.1) is 0 Å². The molecule has 6 nitrogen and oxygen atoms in total. The van der Waals surface area contributed by atoms with E-state index in [9.17, 15) is 9.18 Å². The molecule has 0 aliphatic carbocycles. The summed E-state index contributed by atoms with van der Waals surface area (Å²) in [5.74, 6) is 0.00494. The number of piperidine rings is 1. The van der Waals surface area contributed by atoms with Crippen LogP contribution in [-0.4, -0.2) is 78.4 Å². The van der Waals surface area contributed by atoms with Crippen molar-refractivity contribution in [2.24, 2.45) is 4.99 Å². The molecule has 154 valence electrons. The minimum absolute atomic E-state index is 0.00494. The van der Waals surface area contributed by atoms with Crippen LogP contribution in [0.4, 0.5) is 10.1 Å².